The highest BCUT2D eigenvalue weighted by Crippen LogP contribution is 2.28. The van der Waals surface area contributed by atoms with E-state index in [1.165, 1.54) is 10.5 Å². The maximum absolute atomic E-state index is 4.32. The van der Waals surface area contributed by atoms with E-state index in [0.717, 1.165) is 11.6 Å². The van der Waals surface area contributed by atoms with Crippen molar-refractivity contribution in [2.24, 2.45) is 0 Å². The zero-order valence-corrected chi connectivity index (χ0v) is 10.00. The van der Waals surface area contributed by atoms with E-state index in [2.05, 4.69) is 34.6 Å². The summed E-state index contributed by atoms with van der Waals surface area (Å²) in [7, 11) is 1.96. The van der Waals surface area contributed by atoms with Crippen molar-refractivity contribution in [1.82, 2.24) is 10.3 Å². The zero-order chi connectivity index (χ0) is 11.2. The maximum atomic E-state index is 4.32. The molecule has 0 aliphatic carbocycles. The number of pyridine rings is 1. The van der Waals surface area contributed by atoms with Crippen molar-refractivity contribution in [3.05, 3.63) is 54.2 Å². The lowest BCUT2D eigenvalue weighted by atomic mass is 10.2. The fraction of sp³-hybridized carbons (Fsp3) is 0.154. The molecule has 1 N–H and O–H groups in total. The lowest BCUT2D eigenvalue weighted by Crippen LogP contribution is -2.05. The van der Waals surface area contributed by atoms with Gasteiger partial charge >= 0.3 is 0 Å². The largest absolute Gasteiger partial charge is 0.316 e. The van der Waals surface area contributed by atoms with Gasteiger partial charge in [-0.1, -0.05) is 36.0 Å². The smallest absolute Gasteiger partial charge is 0.101 e. The van der Waals surface area contributed by atoms with Gasteiger partial charge < -0.3 is 5.32 Å². The van der Waals surface area contributed by atoms with Crippen LogP contribution in [0.4, 0.5) is 0 Å². The number of aromatic nitrogens is 1. The van der Waals surface area contributed by atoms with Crippen molar-refractivity contribution in [3.8, 4) is 0 Å². The topological polar surface area (TPSA) is 24.9 Å². The average Bonchev–Trinajstić information content (AvgIpc) is 2.33. The average molecular weight is 230 g/mol. The molecule has 0 fully saturated rings. The van der Waals surface area contributed by atoms with Gasteiger partial charge in [-0.3, -0.25) is 0 Å². The van der Waals surface area contributed by atoms with E-state index in [1.54, 1.807) is 11.8 Å². The Balaban J connectivity index is 2.21. The van der Waals surface area contributed by atoms with Crippen LogP contribution in [0.5, 0.6) is 0 Å². The molecule has 0 aliphatic heterocycles. The SMILES string of the molecule is CNCc1ccccc1Sc1ccccn1. The van der Waals surface area contributed by atoms with Gasteiger partial charge in [0.2, 0.25) is 0 Å². The summed E-state index contributed by atoms with van der Waals surface area (Å²) in [6.45, 7) is 0.885. The second-order valence-electron chi connectivity index (χ2n) is 3.41. The summed E-state index contributed by atoms with van der Waals surface area (Å²) in [5, 5.41) is 4.21. The molecule has 0 saturated carbocycles. The Labute approximate surface area is 100 Å². The molecule has 0 unspecified atom stereocenters. The van der Waals surface area contributed by atoms with Crippen LogP contribution in [-0.2, 0) is 6.54 Å². The number of benzene rings is 1. The van der Waals surface area contributed by atoms with Crippen molar-refractivity contribution in [2.75, 3.05) is 7.05 Å². The third-order valence-corrected chi connectivity index (χ3v) is 3.26. The lowest BCUT2D eigenvalue weighted by molar-refractivity contribution is 0.803. The number of rotatable bonds is 4. The molecule has 2 aromatic rings. The first-order chi connectivity index (χ1) is 7.90. The molecule has 3 heteroatoms. The molecule has 0 radical (unpaired) electrons. The minimum atomic E-state index is 0.885. The van der Waals surface area contributed by atoms with Crippen LogP contribution in [0.1, 0.15) is 5.56 Å². The Morgan fingerprint density at radius 1 is 1.12 bits per heavy atom. The first-order valence-corrected chi connectivity index (χ1v) is 6.03. The van der Waals surface area contributed by atoms with Crippen molar-refractivity contribution in [1.29, 1.82) is 0 Å². The van der Waals surface area contributed by atoms with Crippen molar-refractivity contribution >= 4 is 11.8 Å². The molecule has 1 aromatic heterocycles. The number of nitrogens with one attached hydrogen (secondary N) is 1. The molecule has 0 aliphatic rings. The molecule has 2 nitrogen and oxygen atoms in total. The van der Waals surface area contributed by atoms with Crippen LogP contribution in [0.15, 0.2) is 58.6 Å². The van der Waals surface area contributed by atoms with Gasteiger partial charge in [-0.05, 0) is 30.8 Å². The first kappa shape index (κ1) is 11.2. The minimum Gasteiger partial charge on any atom is -0.316 e. The van der Waals surface area contributed by atoms with E-state index >= 15 is 0 Å². The summed E-state index contributed by atoms with van der Waals surface area (Å²) in [4.78, 5) is 5.58. The molecule has 82 valence electrons. The summed E-state index contributed by atoms with van der Waals surface area (Å²) in [5.41, 5.74) is 1.31. The van der Waals surface area contributed by atoms with E-state index in [9.17, 15) is 0 Å². The summed E-state index contributed by atoms with van der Waals surface area (Å²) >= 11 is 1.70. The summed E-state index contributed by atoms with van der Waals surface area (Å²) in [5.74, 6) is 0. The summed E-state index contributed by atoms with van der Waals surface area (Å²) < 4.78 is 0. The second kappa shape index (κ2) is 5.68. The molecule has 0 spiro atoms. The van der Waals surface area contributed by atoms with Crippen molar-refractivity contribution < 1.29 is 0 Å². The van der Waals surface area contributed by atoms with E-state index < -0.39 is 0 Å². The molecule has 1 heterocycles. The van der Waals surface area contributed by atoms with Gasteiger partial charge in [0.1, 0.15) is 5.03 Å². The molecule has 0 bridgehead atoms. The molecule has 16 heavy (non-hydrogen) atoms. The van der Waals surface area contributed by atoms with Gasteiger partial charge in [-0.25, -0.2) is 4.98 Å². The Morgan fingerprint density at radius 2 is 1.94 bits per heavy atom. The molecule has 0 saturated heterocycles. The fourth-order valence-corrected chi connectivity index (χ4v) is 2.36. The van der Waals surface area contributed by atoms with Crippen molar-refractivity contribution in [2.45, 2.75) is 16.5 Å². The van der Waals surface area contributed by atoms with Gasteiger partial charge in [-0.15, -0.1) is 0 Å². The highest BCUT2D eigenvalue weighted by molar-refractivity contribution is 7.99. The lowest BCUT2D eigenvalue weighted by Gasteiger charge is -2.07. The Kier molecular flexibility index (Phi) is 3.97. The predicted octanol–water partition coefficient (Wildman–Crippen LogP) is 2.95. The highest BCUT2D eigenvalue weighted by Gasteiger charge is 2.03. The molecule has 0 atom stereocenters. The van der Waals surface area contributed by atoms with E-state index in [0.29, 0.717) is 0 Å². The number of nitrogens with zero attached hydrogens (tertiary/aromatic N) is 1. The molecule has 2 rings (SSSR count). The van der Waals surface area contributed by atoms with E-state index in [1.807, 2.05) is 31.4 Å². The van der Waals surface area contributed by atoms with Crippen LogP contribution in [0.2, 0.25) is 0 Å². The molecule has 1 aromatic carbocycles. The first-order valence-electron chi connectivity index (χ1n) is 5.21. The van der Waals surface area contributed by atoms with Crippen LogP contribution in [0.25, 0.3) is 0 Å². The molecule has 0 amide bonds. The van der Waals surface area contributed by atoms with Crippen LogP contribution >= 0.6 is 11.8 Å². The van der Waals surface area contributed by atoms with Gasteiger partial charge in [0, 0.05) is 17.6 Å². The maximum Gasteiger partial charge on any atom is 0.101 e. The third-order valence-electron chi connectivity index (χ3n) is 2.19. The monoisotopic (exact) mass is 230 g/mol. The standard InChI is InChI=1S/C13H14N2S/c1-14-10-11-6-2-3-7-12(11)16-13-8-4-5-9-15-13/h2-9,14H,10H2,1H3. The Hall–Kier alpha value is -1.32. The van der Waals surface area contributed by atoms with E-state index in [-0.39, 0.29) is 0 Å². The van der Waals surface area contributed by atoms with Crippen LogP contribution in [0, 0.1) is 0 Å². The number of hydrogen-bond acceptors (Lipinski definition) is 3. The highest BCUT2D eigenvalue weighted by atomic mass is 32.2. The van der Waals surface area contributed by atoms with Crippen LogP contribution in [0.3, 0.4) is 0 Å². The molecular formula is C13H14N2S. The number of hydrogen-bond donors (Lipinski definition) is 1. The van der Waals surface area contributed by atoms with Gasteiger partial charge in [0.25, 0.3) is 0 Å². The third kappa shape index (κ3) is 2.84. The summed E-state index contributed by atoms with van der Waals surface area (Å²) in [6.07, 6.45) is 1.82. The van der Waals surface area contributed by atoms with Gasteiger partial charge in [0.15, 0.2) is 0 Å². The molecular weight excluding hydrogens is 216 g/mol. The van der Waals surface area contributed by atoms with Gasteiger partial charge in [0.05, 0.1) is 0 Å². The summed E-state index contributed by atoms with van der Waals surface area (Å²) in [6, 6.07) is 14.4. The Morgan fingerprint density at radius 3 is 2.69 bits per heavy atom. The second-order valence-corrected chi connectivity index (χ2v) is 4.47. The zero-order valence-electron chi connectivity index (χ0n) is 9.18. The Bertz CT molecular complexity index is 443. The van der Waals surface area contributed by atoms with Crippen LogP contribution < -0.4 is 5.32 Å². The normalized spacial score (nSPS) is 10.3. The predicted molar refractivity (Wildman–Crippen MR) is 67.6 cm³/mol. The van der Waals surface area contributed by atoms with Crippen LogP contribution in [-0.4, -0.2) is 12.0 Å². The van der Waals surface area contributed by atoms with Gasteiger partial charge in [-0.2, -0.15) is 0 Å². The minimum absolute atomic E-state index is 0.885. The fourth-order valence-electron chi connectivity index (χ4n) is 1.46. The van der Waals surface area contributed by atoms with Crippen molar-refractivity contribution in [3.63, 3.8) is 0 Å². The quantitative estimate of drug-likeness (QED) is 0.874. The van der Waals surface area contributed by atoms with E-state index in [4.69, 9.17) is 0 Å².